The van der Waals surface area contributed by atoms with Crippen molar-refractivity contribution in [2.24, 2.45) is 0 Å². The Morgan fingerprint density at radius 3 is 2.54 bits per heavy atom. The molecule has 148 valence electrons. The van der Waals surface area contributed by atoms with E-state index in [0.29, 0.717) is 24.3 Å². The van der Waals surface area contributed by atoms with E-state index in [9.17, 15) is 9.59 Å². The second kappa shape index (κ2) is 9.90. The van der Waals surface area contributed by atoms with Crippen LogP contribution in [0.2, 0.25) is 0 Å². The van der Waals surface area contributed by atoms with Crippen LogP contribution in [0, 0.1) is 0 Å². The molecule has 0 radical (unpaired) electrons. The van der Waals surface area contributed by atoms with Crippen LogP contribution in [0.15, 0.2) is 54.6 Å². The second-order valence-electron chi connectivity index (χ2n) is 6.84. The molecule has 0 aliphatic carbocycles. The van der Waals surface area contributed by atoms with Gasteiger partial charge in [0.05, 0.1) is 12.1 Å². The number of rotatable bonds is 9. The van der Waals surface area contributed by atoms with Crippen LogP contribution in [0.4, 0.5) is 0 Å². The highest BCUT2D eigenvalue weighted by Gasteiger charge is 2.18. The first kappa shape index (κ1) is 19.9. The maximum atomic E-state index is 12.6. The number of nitrogens with one attached hydrogen (secondary N) is 1. The Bertz CT molecular complexity index is 769. The van der Waals surface area contributed by atoms with Gasteiger partial charge in [0.15, 0.2) is 0 Å². The Balaban J connectivity index is 1.59. The molecule has 2 aromatic carbocycles. The zero-order chi connectivity index (χ0) is 19.8. The van der Waals surface area contributed by atoms with E-state index in [-0.39, 0.29) is 24.5 Å². The molecular weight excluding hydrogens is 358 g/mol. The quantitative estimate of drug-likeness (QED) is 0.691. The first-order valence-corrected chi connectivity index (χ1v) is 9.54. The highest BCUT2D eigenvalue weighted by molar-refractivity contribution is 5.94. The molecule has 1 heterocycles. The highest BCUT2D eigenvalue weighted by atomic mass is 16.5. The van der Waals surface area contributed by atoms with Crippen LogP contribution >= 0.6 is 0 Å². The first-order valence-electron chi connectivity index (χ1n) is 9.54. The van der Waals surface area contributed by atoms with Crippen LogP contribution in [-0.2, 0) is 9.53 Å². The summed E-state index contributed by atoms with van der Waals surface area (Å²) in [7, 11) is 0. The minimum Gasteiger partial charge on any atom is -0.491 e. The lowest BCUT2D eigenvalue weighted by Gasteiger charge is -2.19. The van der Waals surface area contributed by atoms with Crippen LogP contribution < -0.4 is 10.1 Å². The monoisotopic (exact) mass is 383 g/mol. The fourth-order valence-electron chi connectivity index (χ4n) is 3.18. The molecule has 2 aromatic rings. The van der Waals surface area contributed by atoms with E-state index in [0.717, 1.165) is 25.0 Å². The summed E-state index contributed by atoms with van der Waals surface area (Å²) in [6.07, 6.45) is 2.53. The minimum absolute atomic E-state index is 0.0180. The number of hydrogen-bond donors (Lipinski definition) is 2. The molecule has 0 saturated carbocycles. The van der Waals surface area contributed by atoms with E-state index in [1.54, 1.807) is 24.3 Å². The average Bonchev–Trinajstić information content (AvgIpc) is 3.24. The Kier molecular flexibility index (Phi) is 7.03. The second-order valence-corrected chi connectivity index (χ2v) is 6.84. The molecule has 2 unspecified atom stereocenters. The molecule has 6 nitrogen and oxygen atoms in total. The van der Waals surface area contributed by atoms with Crippen molar-refractivity contribution < 1.29 is 24.2 Å². The van der Waals surface area contributed by atoms with Crippen LogP contribution in [-0.4, -0.2) is 36.3 Å². The predicted molar refractivity (Wildman–Crippen MR) is 104 cm³/mol. The van der Waals surface area contributed by atoms with Crippen molar-refractivity contribution in [3.05, 3.63) is 65.7 Å². The molecule has 28 heavy (non-hydrogen) atoms. The SMILES string of the molecule is O=C(O)CCC(NC(=O)c1ccc(OCC2CCCO2)cc1)c1ccccc1. The van der Waals surface area contributed by atoms with Crippen molar-refractivity contribution >= 4 is 11.9 Å². The zero-order valence-corrected chi connectivity index (χ0v) is 15.7. The van der Waals surface area contributed by atoms with Crippen molar-refractivity contribution in [3.63, 3.8) is 0 Å². The maximum absolute atomic E-state index is 12.6. The standard InChI is InChI=1S/C22H25NO5/c24-21(25)13-12-20(16-5-2-1-3-6-16)23-22(26)17-8-10-18(11-9-17)28-15-19-7-4-14-27-19/h1-3,5-6,8-11,19-20H,4,7,12-15H2,(H,23,26)(H,24,25). The Morgan fingerprint density at radius 2 is 1.89 bits per heavy atom. The molecule has 1 fully saturated rings. The number of carboxylic acid groups (broad SMARTS) is 1. The summed E-state index contributed by atoms with van der Waals surface area (Å²) in [4.78, 5) is 23.6. The highest BCUT2D eigenvalue weighted by Crippen LogP contribution is 2.20. The predicted octanol–water partition coefficient (Wildman–Crippen LogP) is 3.58. The number of carbonyl (C=O) groups excluding carboxylic acids is 1. The van der Waals surface area contributed by atoms with E-state index >= 15 is 0 Å². The molecule has 1 amide bonds. The minimum atomic E-state index is -0.886. The van der Waals surface area contributed by atoms with Gasteiger partial charge in [-0.25, -0.2) is 0 Å². The van der Waals surface area contributed by atoms with Crippen LogP contribution in [0.5, 0.6) is 5.75 Å². The summed E-state index contributed by atoms with van der Waals surface area (Å²) in [5.41, 5.74) is 1.38. The molecule has 2 N–H and O–H groups in total. The molecule has 0 bridgehead atoms. The van der Waals surface area contributed by atoms with Gasteiger partial charge in [0.2, 0.25) is 0 Å². The smallest absolute Gasteiger partial charge is 0.303 e. The van der Waals surface area contributed by atoms with E-state index < -0.39 is 5.97 Å². The molecule has 3 rings (SSSR count). The third kappa shape index (κ3) is 5.82. The molecule has 0 spiro atoms. The molecule has 2 atom stereocenters. The lowest BCUT2D eigenvalue weighted by molar-refractivity contribution is -0.137. The van der Waals surface area contributed by atoms with Gasteiger partial charge in [-0.3, -0.25) is 9.59 Å². The van der Waals surface area contributed by atoms with Gasteiger partial charge in [-0.15, -0.1) is 0 Å². The number of amides is 1. The summed E-state index contributed by atoms with van der Waals surface area (Å²) >= 11 is 0. The topological polar surface area (TPSA) is 84.9 Å². The molecule has 1 saturated heterocycles. The third-order valence-corrected chi connectivity index (χ3v) is 4.73. The van der Waals surface area contributed by atoms with E-state index in [4.69, 9.17) is 14.6 Å². The van der Waals surface area contributed by atoms with E-state index in [1.807, 2.05) is 30.3 Å². The Labute approximate surface area is 164 Å². The molecule has 1 aliphatic heterocycles. The number of aliphatic carboxylic acids is 1. The van der Waals surface area contributed by atoms with Gasteiger partial charge >= 0.3 is 5.97 Å². The van der Waals surface area contributed by atoms with Gasteiger partial charge < -0.3 is 19.9 Å². The van der Waals surface area contributed by atoms with Crippen molar-refractivity contribution in [3.8, 4) is 5.75 Å². The summed E-state index contributed by atoms with van der Waals surface area (Å²) in [6, 6.07) is 16.0. The molecule has 0 aromatic heterocycles. The summed E-state index contributed by atoms with van der Waals surface area (Å²) < 4.78 is 11.2. The van der Waals surface area contributed by atoms with Crippen molar-refractivity contribution in [2.75, 3.05) is 13.2 Å². The average molecular weight is 383 g/mol. The van der Waals surface area contributed by atoms with Crippen LogP contribution in [0.1, 0.15) is 47.6 Å². The number of carboxylic acids is 1. The number of benzene rings is 2. The number of carbonyl (C=O) groups is 2. The number of ether oxygens (including phenoxy) is 2. The van der Waals surface area contributed by atoms with Gasteiger partial charge in [-0.05, 0) is 49.1 Å². The molecule has 1 aliphatic rings. The van der Waals surface area contributed by atoms with Crippen LogP contribution in [0.25, 0.3) is 0 Å². The van der Waals surface area contributed by atoms with E-state index in [2.05, 4.69) is 5.32 Å². The van der Waals surface area contributed by atoms with E-state index in [1.165, 1.54) is 0 Å². The van der Waals surface area contributed by atoms with Gasteiger partial charge in [-0.2, -0.15) is 0 Å². The molecule has 6 heteroatoms. The maximum Gasteiger partial charge on any atom is 0.303 e. The fraction of sp³-hybridized carbons (Fsp3) is 0.364. The largest absolute Gasteiger partial charge is 0.491 e. The summed E-state index contributed by atoms with van der Waals surface area (Å²) in [6.45, 7) is 1.30. The normalized spacial score (nSPS) is 17.1. The fourth-order valence-corrected chi connectivity index (χ4v) is 3.18. The molecular formula is C22H25NO5. The number of hydrogen-bond acceptors (Lipinski definition) is 4. The van der Waals surface area contributed by atoms with Gasteiger partial charge in [0.25, 0.3) is 5.91 Å². The van der Waals surface area contributed by atoms with Crippen molar-refractivity contribution in [1.82, 2.24) is 5.32 Å². The lowest BCUT2D eigenvalue weighted by atomic mass is 10.0. The lowest BCUT2D eigenvalue weighted by Crippen LogP contribution is -2.29. The van der Waals surface area contributed by atoms with Gasteiger partial charge in [0.1, 0.15) is 12.4 Å². The van der Waals surface area contributed by atoms with Gasteiger partial charge in [-0.1, -0.05) is 30.3 Å². The van der Waals surface area contributed by atoms with Gasteiger partial charge in [0, 0.05) is 18.6 Å². The summed E-state index contributed by atoms with van der Waals surface area (Å²) in [5, 5.41) is 11.9. The van der Waals surface area contributed by atoms with Crippen molar-refractivity contribution in [2.45, 2.75) is 37.8 Å². The zero-order valence-electron chi connectivity index (χ0n) is 15.7. The van der Waals surface area contributed by atoms with Crippen molar-refractivity contribution in [1.29, 1.82) is 0 Å². The van der Waals surface area contributed by atoms with Crippen LogP contribution in [0.3, 0.4) is 0 Å². The Morgan fingerprint density at radius 1 is 1.14 bits per heavy atom. The first-order chi connectivity index (χ1) is 13.6. The third-order valence-electron chi connectivity index (χ3n) is 4.73. The summed E-state index contributed by atoms with van der Waals surface area (Å²) in [5.74, 6) is -0.439. The Hall–Kier alpha value is -2.86.